The minimum atomic E-state index is -0.640. The number of methoxy groups -OCH3 is 1. The second-order valence-electron chi connectivity index (χ2n) is 5.57. The Morgan fingerprint density at radius 2 is 2.04 bits per heavy atom. The van der Waals surface area contributed by atoms with Gasteiger partial charge in [0.25, 0.3) is 5.91 Å². The van der Waals surface area contributed by atoms with Crippen LogP contribution in [0.5, 0.6) is 11.5 Å². The predicted molar refractivity (Wildman–Crippen MR) is 108 cm³/mol. The van der Waals surface area contributed by atoms with Crippen LogP contribution in [0.2, 0.25) is 0 Å². The van der Waals surface area contributed by atoms with Crippen molar-refractivity contribution < 1.29 is 14.6 Å². The highest BCUT2D eigenvalue weighted by Crippen LogP contribution is 2.35. The van der Waals surface area contributed by atoms with E-state index < -0.39 is 11.6 Å². The average molecular weight is 443 g/mol. The first-order chi connectivity index (χ1) is 13.5. The fraction of sp³-hybridized carbons (Fsp3) is 0.0526. The normalized spacial score (nSPS) is 10.8. The number of halogens is 1. The Labute approximate surface area is 168 Å². The van der Waals surface area contributed by atoms with E-state index in [1.165, 1.54) is 19.4 Å². The molecule has 1 amide bonds. The number of benzene rings is 2. The number of aromatic hydroxyl groups is 1. The molecule has 1 heterocycles. The molecular formula is C19H15BrN4O4. The van der Waals surface area contributed by atoms with Crippen LogP contribution >= 0.6 is 15.9 Å². The van der Waals surface area contributed by atoms with Gasteiger partial charge in [0.1, 0.15) is 5.69 Å². The lowest BCUT2D eigenvalue weighted by Gasteiger charge is -2.07. The van der Waals surface area contributed by atoms with Gasteiger partial charge in [0, 0.05) is 11.1 Å². The zero-order chi connectivity index (χ0) is 20.1. The highest BCUT2D eigenvalue weighted by molar-refractivity contribution is 9.10. The molecule has 0 aliphatic carbocycles. The maximum Gasteiger partial charge on any atom is 0.346 e. The van der Waals surface area contributed by atoms with E-state index in [4.69, 9.17) is 4.74 Å². The summed E-state index contributed by atoms with van der Waals surface area (Å²) < 4.78 is 5.38. The van der Waals surface area contributed by atoms with Crippen molar-refractivity contribution in [2.24, 2.45) is 5.10 Å². The molecule has 0 aliphatic heterocycles. The van der Waals surface area contributed by atoms with E-state index in [1.807, 2.05) is 18.2 Å². The number of nitrogens with one attached hydrogen (secondary N) is 2. The second kappa shape index (κ2) is 8.49. The number of carbonyl (C=O) groups excluding carboxylic acids is 1. The zero-order valence-corrected chi connectivity index (χ0v) is 16.2. The van der Waals surface area contributed by atoms with Gasteiger partial charge < -0.3 is 14.8 Å². The van der Waals surface area contributed by atoms with Crippen molar-refractivity contribution in [2.45, 2.75) is 0 Å². The molecule has 0 unspecified atom stereocenters. The molecule has 142 valence electrons. The van der Waals surface area contributed by atoms with Gasteiger partial charge in [-0.1, -0.05) is 30.3 Å². The number of carbonyl (C=O) groups is 1. The molecule has 1 aromatic heterocycles. The average Bonchev–Trinajstić information content (AvgIpc) is 2.71. The van der Waals surface area contributed by atoms with Crippen LogP contribution in [-0.2, 0) is 0 Å². The van der Waals surface area contributed by atoms with Crippen molar-refractivity contribution in [3.05, 3.63) is 74.7 Å². The van der Waals surface area contributed by atoms with Gasteiger partial charge >= 0.3 is 5.69 Å². The summed E-state index contributed by atoms with van der Waals surface area (Å²) in [5.74, 6) is -0.388. The molecule has 8 nitrogen and oxygen atoms in total. The quantitative estimate of drug-likeness (QED) is 0.414. The number of aromatic amines is 1. The van der Waals surface area contributed by atoms with Gasteiger partial charge in [0.15, 0.2) is 11.5 Å². The molecule has 2 aromatic carbocycles. The van der Waals surface area contributed by atoms with E-state index in [2.05, 4.69) is 36.4 Å². The molecule has 9 heteroatoms. The largest absolute Gasteiger partial charge is 0.503 e. The van der Waals surface area contributed by atoms with E-state index in [9.17, 15) is 14.7 Å². The molecule has 3 rings (SSSR count). The van der Waals surface area contributed by atoms with Gasteiger partial charge in [-0.2, -0.15) is 10.1 Å². The number of amides is 1. The number of ether oxygens (including phenoxy) is 1. The molecule has 3 N–H and O–H groups in total. The highest BCUT2D eigenvalue weighted by Gasteiger charge is 2.11. The summed E-state index contributed by atoms with van der Waals surface area (Å²) >= 11 is 3.24. The fourth-order valence-electron chi connectivity index (χ4n) is 2.38. The maximum atomic E-state index is 12.3. The Hall–Kier alpha value is -3.46. The van der Waals surface area contributed by atoms with Crippen LogP contribution in [0, 0.1) is 0 Å². The van der Waals surface area contributed by atoms with Gasteiger partial charge in [0.2, 0.25) is 0 Å². The maximum absolute atomic E-state index is 12.3. The van der Waals surface area contributed by atoms with Gasteiger partial charge in [0.05, 0.1) is 23.5 Å². The van der Waals surface area contributed by atoms with Gasteiger partial charge in [-0.25, -0.2) is 10.2 Å². The molecule has 3 aromatic rings. The van der Waals surface area contributed by atoms with Gasteiger partial charge in [-0.3, -0.25) is 4.79 Å². The molecule has 0 bridgehead atoms. The number of hydrazone groups is 1. The Bertz CT molecular complexity index is 1100. The first kappa shape index (κ1) is 19.3. The van der Waals surface area contributed by atoms with Crippen LogP contribution < -0.4 is 15.9 Å². The smallest absolute Gasteiger partial charge is 0.346 e. The van der Waals surface area contributed by atoms with Crippen LogP contribution in [0.3, 0.4) is 0 Å². The monoisotopic (exact) mass is 442 g/mol. The molecule has 28 heavy (non-hydrogen) atoms. The number of phenols is 1. The summed E-state index contributed by atoms with van der Waals surface area (Å²) in [6.07, 6.45) is 1.35. The van der Waals surface area contributed by atoms with Crippen molar-refractivity contribution in [3.63, 3.8) is 0 Å². The zero-order valence-electron chi connectivity index (χ0n) is 14.6. The summed E-state index contributed by atoms with van der Waals surface area (Å²) in [6, 6.07) is 13.7. The lowest BCUT2D eigenvalue weighted by Crippen LogP contribution is -2.24. The number of rotatable bonds is 5. The third kappa shape index (κ3) is 4.26. The highest BCUT2D eigenvalue weighted by atomic mass is 79.9. The van der Waals surface area contributed by atoms with Crippen LogP contribution in [0.15, 0.2) is 62.9 Å². The van der Waals surface area contributed by atoms with Crippen molar-refractivity contribution >= 4 is 28.1 Å². The lowest BCUT2D eigenvalue weighted by molar-refractivity contribution is 0.0949. The molecule has 0 saturated carbocycles. The Morgan fingerprint density at radius 1 is 1.29 bits per heavy atom. The van der Waals surface area contributed by atoms with Crippen LogP contribution in [0.25, 0.3) is 11.3 Å². The Balaban J connectivity index is 1.79. The first-order valence-corrected chi connectivity index (χ1v) is 8.84. The van der Waals surface area contributed by atoms with Crippen LogP contribution in [-0.4, -0.2) is 34.3 Å². The first-order valence-electron chi connectivity index (χ1n) is 8.05. The minimum Gasteiger partial charge on any atom is -0.503 e. The van der Waals surface area contributed by atoms with E-state index in [0.717, 1.165) is 0 Å². The van der Waals surface area contributed by atoms with Crippen LogP contribution in [0.1, 0.15) is 16.1 Å². The summed E-state index contributed by atoms with van der Waals surface area (Å²) in [5.41, 5.74) is 3.32. The fourth-order valence-corrected chi connectivity index (χ4v) is 2.81. The molecular weight excluding hydrogens is 428 g/mol. The number of aromatic nitrogens is 2. The number of hydrogen-bond acceptors (Lipinski definition) is 6. The summed E-state index contributed by atoms with van der Waals surface area (Å²) in [4.78, 5) is 30.4. The molecule has 0 fully saturated rings. The molecule has 0 saturated heterocycles. The Morgan fingerprint density at radius 3 is 2.75 bits per heavy atom. The standard InChI is InChI=1S/C19H15BrN4O4/c1-28-15-8-7-12(16(20)17(15)25)10-21-24-18(26)14-9-13(22-19(27)23-14)11-5-3-2-4-6-11/h2-10,25H,1H3,(H,24,26)(H,22,23,27)/b21-10+. The summed E-state index contributed by atoms with van der Waals surface area (Å²) in [7, 11) is 1.44. The third-order valence-electron chi connectivity index (χ3n) is 3.76. The Kier molecular flexibility index (Phi) is 5.85. The third-order valence-corrected chi connectivity index (χ3v) is 4.59. The lowest BCUT2D eigenvalue weighted by atomic mass is 10.1. The number of phenolic OH excluding ortho intramolecular Hbond substituents is 1. The minimum absolute atomic E-state index is 0.0210. The molecule has 0 radical (unpaired) electrons. The molecule has 0 atom stereocenters. The number of H-pyrrole nitrogens is 1. The second-order valence-corrected chi connectivity index (χ2v) is 6.36. The summed E-state index contributed by atoms with van der Waals surface area (Å²) in [6.45, 7) is 0. The van der Waals surface area contributed by atoms with E-state index in [1.54, 1.807) is 24.3 Å². The van der Waals surface area contributed by atoms with Crippen LogP contribution in [0.4, 0.5) is 0 Å². The van der Waals surface area contributed by atoms with E-state index in [-0.39, 0.29) is 11.4 Å². The molecule has 0 spiro atoms. The van der Waals surface area contributed by atoms with E-state index in [0.29, 0.717) is 27.0 Å². The van der Waals surface area contributed by atoms with Gasteiger partial charge in [-0.15, -0.1) is 0 Å². The van der Waals surface area contributed by atoms with Gasteiger partial charge in [-0.05, 0) is 34.1 Å². The molecule has 0 aliphatic rings. The van der Waals surface area contributed by atoms with Crippen molar-refractivity contribution in [3.8, 4) is 22.8 Å². The topological polar surface area (TPSA) is 117 Å². The summed E-state index contributed by atoms with van der Waals surface area (Å²) in [5, 5.41) is 13.8. The van der Waals surface area contributed by atoms with E-state index >= 15 is 0 Å². The van der Waals surface area contributed by atoms with Crippen molar-refractivity contribution in [1.29, 1.82) is 0 Å². The number of nitrogens with zero attached hydrogens (tertiary/aromatic N) is 2. The SMILES string of the molecule is COc1ccc(/C=N/NC(=O)c2cc(-c3ccccc3)nc(=O)[nH]2)c(Br)c1O. The predicted octanol–water partition coefficient (Wildman–Crippen LogP) is 2.68. The van der Waals surface area contributed by atoms with Crippen molar-refractivity contribution in [2.75, 3.05) is 7.11 Å². The van der Waals surface area contributed by atoms with Crippen molar-refractivity contribution in [1.82, 2.24) is 15.4 Å². The number of hydrogen-bond donors (Lipinski definition) is 3.